The first-order valence-corrected chi connectivity index (χ1v) is 8.29. The SMILES string of the molecule is O=C(O)CSc1nc2cc(C(F)(F)F)ccc2n1Cc1ccccc1. The molecule has 0 aliphatic heterocycles. The highest BCUT2D eigenvalue weighted by atomic mass is 32.2. The lowest BCUT2D eigenvalue weighted by atomic mass is 10.2. The van der Waals surface area contributed by atoms with Crippen molar-refractivity contribution >= 4 is 28.8 Å². The van der Waals surface area contributed by atoms with Gasteiger partial charge in [0.15, 0.2) is 5.16 Å². The van der Waals surface area contributed by atoms with Gasteiger partial charge in [-0.05, 0) is 23.8 Å². The number of nitrogens with zero attached hydrogens (tertiary/aromatic N) is 2. The summed E-state index contributed by atoms with van der Waals surface area (Å²) in [4.78, 5) is 15.1. The maximum absolute atomic E-state index is 12.9. The number of halogens is 3. The fourth-order valence-electron chi connectivity index (χ4n) is 2.44. The lowest BCUT2D eigenvalue weighted by Crippen LogP contribution is -2.05. The quantitative estimate of drug-likeness (QED) is 0.685. The Morgan fingerprint density at radius 3 is 2.52 bits per heavy atom. The second kappa shape index (κ2) is 6.79. The maximum Gasteiger partial charge on any atom is 0.416 e. The molecule has 25 heavy (non-hydrogen) atoms. The molecule has 0 aliphatic rings. The number of aliphatic carboxylic acids is 1. The number of benzene rings is 2. The standard InChI is InChI=1S/C17H13F3N2O2S/c18-17(19,20)12-6-7-14-13(8-12)21-16(25-10-15(23)24)22(14)9-11-4-2-1-3-5-11/h1-8H,9-10H2,(H,23,24). The summed E-state index contributed by atoms with van der Waals surface area (Å²) < 4.78 is 40.5. The fraction of sp³-hybridized carbons (Fsp3) is 0.176. The minimum atomic E-state index is -4.45. The molecule has 130 valence electrons. The van der Waals surface area contributed by atoms with Crippen LogP contribution in [-0.4, -0.2) is 26.4 Å². The van der Waals surface area contributed by atoms with E-state index in [1.807, 2.05) is 30.3 Å². The molecule has 8 heteroatoms. The zero-order chi connectivity index (χ0) is 18.0. The van der Waals surface area contributed by atoms with Crippen LogP contribution < -0.4 is 0 Å². The van der Waals surface area contributed by atoms with Crippen LogP contribution >= 0.6 is 11.8 Å². The van der Waals surface area contributed by atoms with Crippen molar-refractivity contribution in [3.05, 3.63) is 59.7 Å². The van der Waals surface area contributed by atoms with Gasteiger partial charge in [-0.2, -0.15) is 13.2 Å². The van der Waals surface area contributed by atoms with Gasteiger partial charge in [-0.1, -0.05) is 42.1 Å². The number of thioether (sulfide) groups is 1. The Bertz CT molecular complexity index is 907. The zero-order valence-electron chi connectivity index (χ0n) is 12.8. The molecule has 0 atom stereocenters. The van der Waals surface area contributed by atoms with Crippen molar-refractivity contribution < 1.29 is 23.1 Å². The zero-order valence-corrected chi connectivity index (χ0v) is 13.6. The molecule has 2 aromatic carbocycles. The molecule has 0 saturated carbocycles. The van der Waals surface area contributed by atoms with Crippen molar-refractivity contribution in [1.29, 1.82) is 0 Å². The Hall–Kier alpha value is -2.48. The topological polar surface area (TPSA) is 55.1 Å². The lowest BCUT2D eigenvalue weighted by Gasteiger charge is -2.09. The fourth-order valence-corrected chi connectivity index (χ4v) is 3.17. The number of rotatable bonds is 5. The Morgan fingerprint density at radius 1 is 1.16 bits per heavy atom. The van der Waals surface area contributed by atoms with E-state index in [0.717, 1.165) is 29.5 Å². The van der Waals surface area contributed by atoms with Gasteiger partial charge in [-0.15, -0.1) is 0 Å². The molecule has 0 spiro atoms. The van der Waals surface area contributed by atoms with E-state index in [0.29, 0.717) is 17.2 Å². The van der Waals surface area contributed by atoms with Gasteiger partial charge in [-0.3, -0.25) is 4.79 Å². The number of fused-ring (bicyclic) bond motifs is 1. The van der Waals surface area contributed by atoms with E-state index < -0.39 is 17.7 Å². The number of alkyl halides is 3. The molecule has 1 aromatic heterocycles. The van der Waals surface area contributed by atoms with Gasteiger partial charge in [0, 0.05) is 0 Å². The van der Waals surface area contributed by atoms with Crippen LogP contribution in [0.25, 0.3) is 11.0 Å². The first-order valence-electron chi connectivity index (χ1n) is 7.30. The van der Waals surface area contributed by atoms with Gasteiger partial charge in [0.1, 0.15) is 0 Å². The van der Waals surface area contributed by atoms with Crippen LogP contribution in [0.3, 0.4) is 0 Å². The number of hydrogen-bond acceptors (Lipinski definition) is 3. The number of imidazole rings is 1. The Kier molecular flexibility index (Phi) is 4.71. The average molecular weight is 366 g/mol. The van der Waals surface area contributed by atoms with Gasteiger partial charge < -0.3 is 9.67 Å². The van der Waals surface area contributed by atoms with Crippen LogP contribution in [0.4, 0.5) is 13.2 Å². The van der Waals surface area contributed by atoms with Crippen molar-refractivity contribution in [2.24, 2.45) is 0 Å². The van der Waals surface area contributed by atoms with Gasteiger partial charge in [0.05, 0.1) is 28.9 Å². The summed E-state index contributed by atoms with van der Waals surface area (Å²) in [5.74, 6) is -1.23. The predicted octanol–water partition coefficient (Wildman–Crippen LogP) is 4.28. The third-order valence-corrected chi connectivity index (χ3v) is 4.51. The summed E-state index contributed by atoms with van der Waals surface area (Å²) in [6.45, 7) is 0.394. The van der Waals surface area contributed by atoms with Crippen molar-refractivity contribution in [1.82, 2.24) is 9.55 Å². The molecule has 1 heterocycles. The normalized spacial score (nSPS) is 11.8. The summed E-state index contributed by atoms with van der Waals surface area (Å²) in [7, 11) is 0. The first-order chi connectivity index (χ1) is 11.8. The van der Waals surface area contributed by atoms with Crippen molar-refractivity contribution in [3.8, 4) is 0 Å². The van der Waals surface area contributed by atoms with E-state index in [1.54, 1.807) is 4.57 Å². The highest BCUT2D eigenvalue weighted by Crippen LogP contribution is 2.33. The second-order valence-electron chi connectivity index (χ2n) is 5.35. The van der Waals surface area contributed by atoms with Crippen molar-refractivity contribution in [3.63, 3.8) is 0 Å². The maximum atomic E-state index is 12.9. The van der Waals surface area contributed by atoms with Crippen LogP contribution in [0.2, 0.25) is 0 Å². The smallest absolute Gasteiger partial charge is 0.416 e. The van der Waals surface area contributed by atoms with Gasteiger partial charge in [0.2, 0.25) is 0 Å². The number of carboxylic acid groups (broad SMARTS) is 1. The molecule has 0 aliphatic carbocycles. The molecular formula is C17H13F3N2O2S. The molecule has 3 aromatic rings. The van der Waals surface area contributed by atoms with Crippen LogP contribution in [0.5, 0.6) is 0 Å². The lowest BCUT2D eigenvalue weighted by molar-refractivity contribution is -0.137. The summed E-state index contributed by atoms with van der Waals surface area (Å²) >= 11 is 0.985. The molecule has 4 nitrogen and oxygen atoms in total. The molecule has 0 amide bonds. The monoisotopic (exact) mass is 366 g/mol. The number of aromatic nitrogens is 2. The van der Waals surface area contributed by atoms with Gasteiger partial charge in [-0.25, -0.2) is 4.98 Å². The first kappa shape index (κ1) is 17.3. The predicted molar refractivity (Wildman–Crippen MR) is 88.6 cm³/mol. The highest BCUT2D eigenvalue weighted by Gasteiger charge is 2.31. The molecule has 0 radical (unpaired) electrons. The van der Waals surface area contributed by atoms with E-state index in [1.165, 1.54) is 6.07 Å². The van der Waals surface area contributed by atoms with Crippen LogP contribution in [0.1, 0.15) is 11.1 Å². The third-order valence-electron chi connectivity index (χ3n) is 3.55. The largest absolute Gasteiger partial charge is 0.481 e. The van der Waals surface area contributed by atoms with Gasteiger partial charge in [0.25, 0.3) is 0 Å². The van der Waals surface area contributed by atoms with E-state index in [4.69, 9.17) is 5.11 Å². The Morgan fingerprint density at radius 2 is 1.88 bits per heavy atom. The van der Waals surface area contributed by atoms with Crippen molar-refractivity contribution in [2.45, 2.75) is 17.9 Å². The molecule has 3 rings (SSSR count). The number of hydrogen-bond donors (Lipinski definition) is 1. The molecule has 0 unspecified atom stereocenters. The number of carboxylic acids is 1. The highest BCUT2D eigenvalue weighted by molar-refractivity contribution is 7.99. The van der Waals surface area contributed by atoms with Crippen LogP contribution in [0, 0.1) is 0 Å². The average Bonchev–Trinajstić information content (AvgIpc) is 2.90. The van der Waals surface area contributed by atoms with E-state index in [-0.39, 0.29) is 11.3 Å². The van der Waals surface area contributed by atoms with E-state index in [9.17, 15) is 18.0 Å². The second-order valence-corrected chi connectivity index (χ2v) is 6.29. The van der Waals surface area contributed by atoms with Crippen LogP contribution in [0.15, 0.2) is 53.7 Å². The molecular weight excluding hydrogens is 353 g/mol. The van der Waals surface area contributed by atoms with Crippen LogP contribution in [-0.2, 0) is 17.5 Å². The molecule has 0 saturated heterocycles. The summed E-state index contributed by atoms with van der Waals surface area (Å²) in [5.41, 5.74) is 0.890. The van der Waals surface area contributed by atoms with Crippen molar-refractivity contribution in [2.75, 3.05) is 5.75 Å². The minimum Gasteiger partial charge on any atom is -0.481 e. The third kappa shape index (κ3) is 3.96. The van der Waals surface area contributed by atoms with E-state index in [2.05, 4.69) is 4.98 Å². The minimum absolute atomic E-state index is 0.193. The van der Waals surface area contributed by atoms with Gasteiger partial charge >= 0.3 is 12.1 Å². The summed E-state index contributed by atoms with van der Waals surface area (Å²) in [6, 6.07) is 12.7. The summed E-state index contributed by atoms with van der Waals surface area (Å²) in [5, 5.41) is 9.25. The molecule has 1 N–H and O–H groups in total. The molecule has 0 fully saturated rings. The number of carbonyl (C=O) groups is 1. The van der Waals surface area contributed by atoms with E-state index >= 15 is 0 Å². The Balaban J connectivity index is 2.06. The molecule has 0 bridgehead atoms. The Labute approximate surface area is 145 Å². The summed E-state index contributed by atoms with van der Waals surface area (Å²) in [6.07, 6.45) is -4.45.